The second kappa shape index (κ2) is 6.91. The minimum Gasteiger partial charge on any atom is -0.459 e. The van der Waals surface area contributed by atoms with E-state index in [9.17, 15) is 0 Å². The van der Waals surface area contributed by atoms with Gasteiger partial charge in [-0.2, -0.15) is 0 Å². The summed E-state index contributed by atoms with van der Waals surface area (Å²) in [6.45, 7) is 10.0. The van der Waals surface area contributed by atoms with Gasteiger partial charge in [-0.15, -0.1) is 0 Å². The molecule has 2 atom stereocenters. The van der Waals surface area contributed by atoms with E-state index >= 15 is 0 Å². The van der Waals surface area contributed by atoms with Gasteiger partial charge in [0.15, 0.2) is 0 Å². The number of ether oxygens (including phenoxy) is 1. The first-order chi connectivity index (χ1) is 9.67. The SMILES string of the molecule is CCCNC(c1cc2cccc(C)c2o1)C(C)OCC. The van der Waals surface area contributed by atoms with Crippen LogP contribution < -0.4 is 5.32 Å². The Morgan fingerprint density at radius 1 is 1.30 bits per heavy atom. The van der Waals surface area contributed by atoms with E-state index in [2.05, 4.69) is 50.4 Å². The molecule has 0 saturated heterocycles. The fraction of sp³-hybridized carbons (Fsp3) is 0.529. The van der Waals surface area contributed by atoms with Gasteiger partial charge in [-0.1, -0.05) is 25.1 Å². The molecule has 0 saturated carbocycles. The van der Waals surface area contributed by atoms with Gasteiger partial charge in [-0.25, -0.2) is 0 Å². The number of hydrogen-bond donors (Lipinski definition) is 1. The summed E-state index contributed by atoms with van der Waals surface area (Å²) in [5.41, 5.74) is 2.15. The Kier molecular flexibility index (Phi) is 5.21. The van der Waals surface area contributed by atoms with Crippen LogP contribution in [0, 0.1) is 6.92 Å². The molecule has 0 bridgehead atoms. The first-order valence-corrected chi connectivity index (χ1v) is 7.51. The van der Waals surface area contributed by atoms with E-state index in [1.165, 1.54) is 5.56 Å². The Morgan fingerprint density at radius 3 is 2.75 bits per heavy atom. The quantitative estimate of drug-likeness (QED) is 0.822. The Labute approximate surface area is 121 Å². The van der Waals surface area contributed by atoms with Gasteiger partial charge >= 0.3 is 0 Å². The van der Waals surface area contributed by atoms with Crippen molar-refractivity contribution in [1.29, 1.82) is 0 Å². The van der Waals surface area contributed by atoms with Crippen molar-refractivity contribution in [1.82, 2.24) is 5.32 Å². The van der Waals surface area contributed by atoms with Crippen molar-refractivity contribution in [2.45, 2.75) is 46.3 Å². The summed E-state index contributed by atoms with van der Waals surface area (Å²) < 4.78 is 11.8. The van der Waals surface area contributed by atoms with Crippen LogP contribution >= 0.6 is 0 Å². The fourth-order valence-corrected chi connectivity index (χ4v) is 2.54. The molecule has 20 heavy (non-hydrogen) atoms. The van der Waals surface area contributed by atoms with Crippen LogP contribution in [0.5, 0.6) is 0 Å². The molecule has 0 aliphatic rings. The first kappa shape index (κ1) is 15.1. The van der Waals surface area contributed by atoms with Crippen molar-refractivity contribution in [3.8, 4) is 0 Å². The van der Waals surface area contributed by atoms with Crippen LogP contribution in [0.2, 0.25) is 0 Å². The van der Waals surface area contributed by atoms with Gasteiger partial charge in [-0.3, -0.25) is 0 Å². The molecule has 2 rings (SSSR count). The highest BCUT2D eigenvalue weighted by molar-refractivity contribution is 5.81. The predicted molar refractivity (Wildman–Crippen MR) is 83.1 cm³/mol. The van der Waals surface area contributed by atoms with Gasteiger partial charge in [-0.05, 0) is 45.4 Å². The molecule has 0 fully saturated rings. The largest absolute Gasteiger partial charge is 0.459 e. The number of rotatable bonds is 7. The van der Waals surface area contributed by atoms with Gasteiger partial charge in [0.1, 0.15) is 11.3 Å². The number of furan rings is 1. The number of aryl methyl sites for hydroxylation is 1. The molecule has 0 radical (unpaired) electrons. The second-order valence-electron chi connectivity index (χ2n) is 5.23. The number of hydrogen-bond acceptors (Lipinski definition) is 3. The lowest BCUT2D eigenvalue weighted by Crippen LogP contribution is -2.32. The zero-order chi connectivity index (χ0) is 14.5. The number of para-hydroxylation sites is 1. The zero-order valence-electron chi connectivity index (χ0n) is 12.9. The van der Waals surface area contributed by atoms with Crippen molar-refractivity contribution in [2.75, 3.05) is 13.2 Å². The summed E-state index contributed by atoms with van der Waals surface area (Å²) in [5.74, 6) is 0.962. The fourth-order valence-electron chi connectivity index (χ4n) is 2.54. The topological polar surface area (TPSA) is 34.4 Å². The van der Waals surface area contributed by atoms with Crippen LogP contribution in [0.15, 0.2) is 28.7 Å². The molecule has 0 spiro atoms. The van der Waals surface area contributed by atoms with Crippen LogP contribution in [-0.4, -0.2) is 19.3 Å². The van der Waals surface area contributed by atoms with E-state index in [4.69, 9.17) is 9.15 Å². The lowest BCUT2D eigenvalue weighted by molar-refractivity contribution is 0.0418. The normalized spacial score (nSPS) is 14.6. The molecule has 3 nitrogen and oxygen atoms in total. The van der Waals surface area contributed by atoms with Gasteiger partial charge in [0.2, 0.25) is 0 Å². The van der Waals surface area contributed by atoms with Crippen LogP contribution in [0.3, 0.4) is 0 Å². The Balaban J connectivity index is 2.32. The molecule has 1 aromatic carbocycles. The lowest BCUT2D eigenvalue weighted by Gasteiger charge is -2.23. The smallest absolute Gasteiger partial charge is 0.137 e. The molecule has 2 aromatic rings. The van der Waals surface area contributed by atoms with Gasteiger partial charge in [0.25, 0.3) is 0 Å². The number of fused-ring (bicyclic) bond motifs is 1. The molecule has 0 aliphatic carbocycles. The highest BCUT2D eigenvalue weighted by Crippen LogP contribution is 2.28. The molecule has 0 amide bonds. The summed E-state index contributed by atoms with van der Waals surface area (Å²) in [6, 6.07) is 8.47. The maximum Gasteiger partial charge on any atom is 0.137 e. The monoisotopic (exact) mass is 275 g/mol. The van der Waals surface area contributed by atoms with Crippen LogP contribution in [0.1, 0.15) is 44.6 Å². The molecule has 1 aromatic heterocycles. The van der Waals surface area contributed by atoms with Gasteiger partial charge in [0, 0.05) is 12.0 Å². The molecule has 2 unspecified atom stereocenters. The van der Waals surface area contributed by atoms with Crippen LogP contribution in [0.25, 0.3) is 11.0 Å². The summed E-state index contributed by atoms with van der Waals surface area (Å²) in [4.78, 5) is 0. The third kappa shape index (κ3) is 3.22. The highest BCUT2D eigenvalue weighted by atomic mass is 16.5. The van der Waals surface area contributed by atoms with Crippen molar-refractivity contribution < 1.29 is 9.15 Å². The van der Waals surface area contributed by atoms with E-state index in [-0.39, 0.29) is 12.1 Å². The molecule has 0 aliphatic heterocycles. The predicted octanol–water partition coefficient (Wildman–Crippen LogP) is 4.21. The van der Waals surface area contributed by atoms with E-state index in [0.29, 0.717) is 6.61 Å². The maximum atomic E-state index is 6.08. The number of benzene rings is 1. The average Bonchev–Trinajstić information content (AvgIpc) is 2.85. The summed E-state index contributed by atoms with van der Waals surface area (Å²) >= 11 is 0. The Morgan fingerprint density at radius 2 is 2.10 bits per heavy atom. The first-order valence-electron chi connectivity index (χ1n) is 7.51. The summed E-state index contributed by atoms with van der Waals surface area (Å²) in [5, 5.41) is 4.69. The Bertz CT molecular complexity index is 547. The minimum atomic E-state index is 0.0902. The molecule has 1 N–H and O–H groups in total. The molecular weight excluding hydrogens is 250 g/mol. The van der Waals surface area contributed by atoms with Gasteiger partial charge < -0.3 is 14.5 Å². The molecule has 3 heteroatoms. The van der Waals surface area contributed by atoms with Crippen molar-refractivity contribution in [3.05, 3.63) is 35.6 Å². The molecular formula is C17H25NO2. The standard InChI is InChI=1S/C17H25NO2/c1-5-10-18-16(13(4)19-6-2)15-11-14-9-7-8-12(3)17(14)20-15/h7-9,11,13,16,18H,5-6,10H2,1-4H3. The minimum absolute atomic E-state index is 0.0902. The molecule has 110 valence electrons. The highest BCUT2D eigenvalue weighted by Gasteiger charge is 2.23. The van der Waals surface area contributed by atoms with E-state index in [1.54, 1.807) is 0 Å². The summed E-state index contributed by atoms with van der Waals surface area (Å²) in [7, 11) is 0. The van der Waals surface area contributed by atoms with Gasteiger partial charge in [0.05, 0.1) is 12.1 Å². The lowest BCUT2D eigenvalue weighted by atomic mass is 10.1. The third-order valence-electron chi connectivity index (χ3n) is 3.58. The molecule has 1 heterocycles. The summed E-state index contributed by atoms with van der Waals surface area (Å²) in [6.07, 6.45) is 1.18. The van der Waals surface area contributed by atoms with E-state index in [0.717, 1.165) is 29.7 Å². The van der Waals surface area contributed by atoms with Crippen LogP contribution in [0.4, 0.5) is 0 Å². The van der Waals surface area contributed by atoms with E-state index in [1.807, 2.05) is 6.92 Å². The average molecular weight is 275 g/mol. The maximum absolute atomic E-state index is 6.08. The number of nitrogens with one attached hydrogen (secondary N) is 1. The Hall–Kier alpha value is -1.32. The van der Waals surface area contributed by atoms with Crippen LogP contribution in [-0.2, 0) is 4.74 Å². The van der Waals surface area contributed by atoms with Crippen molar-refractivity contribution in [3.63, 3.8) is 0 Å². The van der Waals surface area contributed by atoms with Crippen molar-refractivity contribution in [2.24, 2.45) is 0 Å². The third-order valence-corrected chi connectivity index (χ3v) is 3.58. The zero-order valence-corrected chi connectivity index (χ0v) is 12.9. The second-order valence-corrected chi connectivity index (χ2v) is 5.23. The van der Waals surface area contributed by atoms with E-state index < -0.39 is 0 Å². The van der Waals surface area contributed by atoms with Crippen molar-refractivity contribution >= 4 is 11.0 Å².